The lowest BCUT2D eigenvalue weighted by Crippen LogP contribution is -2.45. The quantitative estimate of drug-likeness (QED) is 0.878. The Morgan fingerprint density at radius 3 is 2.38 bits per heavy atom. The third-order valence-electron chi connectivity index (χ3n) is 6.25. The van der Waals surface area contributed by atoms with E-state index in [1.807, 2.05) is 19.3 Å². The zero-order chi connectivity index (χ0) is 18.6. The van der Waals surface area contributed by atoms with Crippen LogP contribution in [0.2, 0.25) is 0 Å². The summed E-state index contributed by atoms with van der Waals surface area (Å²) in [6, 6.07) is 4.11. The number of nitrogens with zero attached hydrogens (tertiary/aromatic N) is 2. The fourth-order valence-corrected chi connectivity index (χ4v) is 4.63. The van der Waals surface area contributed by atoms with Crippen molar-refractivity contribution >= 4 is 17.4 Å². The van der Waals surface area contributed by atoms with Crippen LogP contribution in [0.3, 0.4) is 0 Å². The molecule has 0 aromatic carbocycles. The molecule has 142 valence electrons. The van der Waals surface area contributed by atoms with Gasteiger partial charge in [0, 0.05) is 49.6 Å². The summed E-state index contributed by atoms with van der Waals surface area (Å²) in [6.45, 7) is 5.68. The molecule has 1 aliphatic heterocycles. The minimum Gasteiger partial charge on any atom is -0.371 e. The van der Waals surface area contributed by atoms with E-state index in [0.717, 1.165) is 38.8 Å². The Morgan fingerprint density at radius 1 is 1.19 bits per heavy atom. The van der Waals surface area contributed by atoms with Gasteiger partial charge in [0.1, 0.15) is 5.78 Å². The molecule has 1 aromatic rings. The predicted octanol–water partition coefficient (Wildman–Crippen LogP) is 3.34. The van der Waals surface area contributed by atoms with Crippen LogP contribution in [0, 0.1) is 11.3 Å². The maximum absolute atomic E-state index is 12.5. The molecule has 1 amide bonds. The highest BCUT2D eigenvalue weighted by Gasteiger charge is 2.39. The maximum Gasteiger partial charge on any atom is 0.223 e. The molecular weight excluding hydrogens is 326 g/mol. The molecule has 0 radical (unpaired) electrons. The van der Waals surface area contributed by atoms with Gasteiger partial charge >= 0.3 is 0 Å². The summed E-state index contributed by atoms with van der Waals surface area (Å²) >= 11 is 0. The number of anilines is 1. The van der Waals surface area contributed by atoms with Crippen molar-refractivity contribution in [3.63, 3.8) is 0 Å². The summed E-state index contributed by atoms with van der Waals surface area (Å²) in [6.07, 6.45) is 10.8. The summed E-state index contributed by atoms with van der Waals surface area (Å²) in [5.74, 6) is 0.387. The first-order valence-electron chi connectivity index (χ1n) is 9.92. The molecule has 2 heterocycles. The number of carbonyl (C=O) groups excluding carboxylic acids is 2. The lowest BCUT2D eigenvalue weighted by atomic mass is 9.65. The molecule has 1 atom stereocenters. The van der Waals surface area contributed by atoms with E-state index in [0.29, 0.717) is 11.8 Å². The van der Waals surface area contributed by atoms with Gasteiger partial charge in [-0.2, -0.15) is 0 Å². The van der Waals surface area contributed by atoms with Crippen LogP contribution in [-0.4, -0.2) is 35.8 Å². The van der Waals surface area contributed by atoms with Crippen LogP contribution in [0.1, 0.15) is 58.8 Å². The second-order valence-electron chi connectivity index (χ2n) is 8.28. The number of nitrogens with one attached hydrogen (secondary N) is 1. The number of carbonyl (C=O) groups is 2. The van der Waals surface area contributed by atoms with Crippen LogP contribution in [0.15, 0.2) is 24.5 Å². The number of hydrogen-bond donors (Lipinski definition) is 1. The average Bonchev–Trinajstić information content (AvgIpc) is 2.63. The van der Waals surface area contributed by atoms with Crippen LogP contribution in [-0.2, 0) is 9.59 Å². The van der Waals surface area contributed by atoms with Gasteiger partial charge in [-0.05, 0) is 69.9 Å². The molecule has 5 nitrogen and oxygen atoms in total. The first-order chi connectivity index (χ1) is 12.5. The molecule has 1 saturated carbocycles. The monoisotopic (exact) mass is 357 g/mol. The number of Topliss-reactive ketones (excluding diaryl/α,β-unsaturated/α-hetero) is 1. The van der Waals surface area contributed by atoms with Gasteiger partial charge in [-0.3, -0.25) is 14.6 Å². The van der Waals surface area contributed by atoms with E-state index in [9.17, 15) is 9.59 Å². The highest BCUT2D eigenvalue weighted by molar-refractivity contribution is 5.81. The topological polar surface area (TPSA) is 62.3 Å². The molecule has 5 heteroatoms. The van der Waals surface area contributed by atoms with Crippen molar-refractivity contribution in [3.8, 4) is 0 Å². The van der Waals surface area contributed by atoms with Gasteiger partial charge in [-0.15, -0.1) is 0 Å². The maximum atomic E-state index is 12.5. The smallest absolute Gasteiger partial charge is 0.223 e. The fourth-order valence-electron chi connectivity index (χ4n) is 4.63. The lowest BCUT2D eigenvalue weighted by molar-refractivity contribution is -0.127. The van der Waals surface area contributed by atoms with Crippen molar-refractivity contribution in [1.82, 2.24) is 10.3 Å². The Bertz CT molecular complexity index is 613. The first-order valence-corrected chi connectivity index (χ1v) is 9.92. The van der Waals surface area contributed by atoms with Crippen LogP contribution >= 0.6 is 0 Å². The summed E-state index contributed by atoms with van der Waals surface area (Å²) in [4.78, 5) is 30.2. The molecular formula is C21H31N3O2. The number of amides is 1. The molecule has 2 aliphatic rings. The minimum absolute atomic E-state index is 0.0560. The van der Waals surface area contributed by atoms with Crippen LogP contribution < -0.4 is 10.2 Å². The number of ketones is 1. The Hall–Kier alpha value is -1.91. The highest BCUT2D eigenvalue weighted by atomic mass is 16.2. The molecule has 1 saturated heterocycles. The Labute approximate surface area is 156 Å². The molecule has 1 N–H and O–H groups in total. The lowest BCUT2D eigenvalue weighted by Gasteiger charge is -2.46. The zero-order valence-corrected chi connectivity index (χ0v) is 16.0. The molecule has 1 spiro atoms. The van der Waals surface area contributed by atoms with Crippen molar-refractivity contribution in [2.75, 3.05) is 18.0 Å². The second kappa shape index (κ2) is 8.19. The first kappa shape index (κ1) is 18.9. The minimum atomic E-state index is -0.0560. The number of pyridine rings is 1. The summed E-state index contributed by atoms with van der Waals surface area (Å²) in [7, 11) is 0. The third kappa shape index (κ3) is 4.63. The number of piperidine rings is 1. The standard InChI is InChI=1S/C21H31N3O2/c1-16(15-17(2)25)23-20(26)18-3-7-21(8-4-18)9-13-24(14-10-21)19-5-11-22-12-6-19/h5-6,11-12,16,18H,3-4,7-10,13-15H2,1-2H3,(H,23,26). The fraction of sp³-hybridized carbons (Fsp3) is 0.667. The Kier molecular flexibility index (Phi) is 5.94. The van der Waals surface area contributed by atoms with E-state index in [-0.39, 0.29) is 23.7 Å². The molecule has 26 heavy (non-hydrogen) atoms. The van der Waals surface area contributed by atoms with E-state index in [1.54, 1.807) is 6.92 Å². The van der Waals surface area contributed by atoms with Gasteiger partial charge in [0.05, 0.1) is 0 Å². The molecule has 3 rings (SSSR count). The number of hydrogen-bond acceptors (Lipinski definition) is 4. The summed E-state index contributed by atoms with van der Waals surface area (Å²) < 4.78 is 0. The van der Waals surface area contributed by atoms with E-state index in [2.05, 4.69) is 27.3 Å². The van der Waals surface area contributed by atoms with E-state index >= 15 is 0 Å². The molecule has 2 fully saturated rings. The largest absolute Gasteiger partial charge is 0.371 e. The Balaban J connectivity index is 1.46. The van der Waals surface area contributed by atoms with Gasteiger partial charge in [0.15, 0.2) is 0 Å². The van der Waals surface area contributed by atoms with Gasteiger partial charge in [0.2, 0.25) is 5.91 Å². The average molecular weight is 357 g/mol. The van der Waals surface area contributed by atoms with Crippen LogP contribution in [0.5, 0.6) is 0 Å². The number of aromatic nitrogens is 1. The molecule has 1 aromatic heterocycles. The van der Waals surface area contributed by atoms with Gasteiger partial charge < -0.3 is 10.2 Å². The predicted molar refractivity (Wildman–Crippen MR) is 103 cm³/mol. The molecule has 1 unspecified atom stereocenters. The van der Waals surface area contributed by atoms with Crippen LogP contribution in [0.25, 0.3) is 0 Å². The van der Waals surface area contributed by atoms with Crippen molar-refractivity contribution in [3.05, 3.63) is 24.5 Å². The van der Waals surface area contributed by atoms with Crippen LogP contribution in [0.4, 0.5) is 5.69 Å². The van der Waals surface area contributed by atoms with Crippen molar-refractivity contribution in [2.45, 2.75) is 64.8 Å². The van der Waals surface area contributed by atoms with E-state index in [4.69, 9.17) is 0 Å². The third-order valence-corrected chi connectivity index (χ3v) is 6.25. The van der Waals surface area contributed by atoms with Gasteiger partial charge in [0.25, 0.3) is 0 Å². The van der Waals surface area contributed by atoms with Gasteiger partial charge in [-0.25, -0.2) is 0 Å². The summed E-state index contributed by atoms with van der Waals surface area (Å²) in [5, 5.41) is 3.03. The van der Waals surface area contributed by atoms with Crippen molar-refractivity contribution < 1.29 is 9.59 Å². The molecule has 0 bridgehead atoms. The zero-order valence-electron chi connectivity index (χ0n) is 16.0. The SMILES string of the molecule is CC(=O)CC(C)NC(=O)C1CCC2(CC1)CCN(c1ccncc1)CC2. The van der Waals surface area contributed by atoms with Crippen molar-refractivity contribution in [2.24, 2.45) is 11.3 Å². The second-order valence-corrected chi connectivity index (χ2v) is 8.28. The normalized spacial score (nSPS) is 21.4. The highest BCUT2D eigenvalue weighted by Crippen LogP contribution is 2.46. The van der Waals surface area contributed by atoms with E-state index in [1.165, 1.54) is 18.5 Å². The van der Waals surface area contributed by atoms with E-state index < -0.39 is 0 Å². The van der Waals surface area contributed by atoms with Crippen molar-refractivity contribution in [1.29, 1.82) is 0 Å². The molecule has 1 aliphatic carbocycles. The number of rotatable bonds is 5. The summed E-state index contributed by atoms with van der Waals surface area (Å²) in [5.41, 5.74) is 1.69. The Morgan fingerprint density at radius 2 is 1.81 bits per heavy atom. The van der Waals surface area contributed by atoms with Gasteiger partial charge in [-0.1, -0.05) is 0 Å².